The first kappa shape index (κ1) is 23.6. The zero-order chi connectivity index (χ0) is 22.8. The van der Waals surface area contributed by atoms with Crippen molar-refractivity contribution in [3.63, 3.8) is 0 Å². The number of carbonyl (C=O) groups excluding carboxylic acids is 1. The minimum Gasteiger partial charge on any atom is -0.493 e. The van der Waals surface area contributed by atoms with Crippen molar-refractivity contribution in [2.45, 2.75) is 23.1 Å². The van der Waals surface area contributed by atoms with E-state index in [-0.39, 0.29) is 23.0 Å². The average Bonchev–Trinajstić information content (AvgIpc) is 3.09. The van der Waals surface area contributed by atoms with Gasteiger partial charge in [-0.25, -0.2) is 21.6 Å². The number of amides is 1. The first-order valence-corrected chi connectivity index (χ1v) is 13.3. The molecule has 2 atom stereocenters. The van der Waals surface area contributed by atoms with Crippen LogP contribution in [-0.2, 0) is 24.4 Å². The topological polar surface area (TPSA) is 120 Å². The number of hydrogen-bond acceptors (Lipinski definition) is 9. The van der Waals surface area contributed by atoms with E-state index in [4.69, 9.17) is 14.2 Å². The van der Waals surface area contributed by atoms with Gasteiger partial charge in [-0.3, -0.25) is 4.90 Å². The molecule has 1 aromatic carbocycles. The van der Waals surface area contributed by atoms with Gasteiger partial charge < -0.3 is 19.1 Å². The standard InChI is InChI=1S/C19H28N2O8S2/c1-4-29-19(22)21-9-7-20(8-10-21)15-12-30(23,24)13-18(15)31(25,26)14-5-6-16(27-2)17(11-14)28-3/h5-6,11,15,18H,4,7-10,12-13H2,1-3H3/t15-,18-/m0/s1. The molecule has 1 amide bonds. The predicted octanol–water partition coefficient (Wildman–Crippen LogP) is 0.417. The van der Waals surface area contributed by atoms with Crippen LogP contribution in [0.5, 0.6) is 11.5 Å². The molecule has 0 aromatic heterocycles. The SMILES string of the molecule is CCOC(=O)N1CCN([C@H]2CS(=O)(=O)C[C@@H]2S(=O)(=O)c2ccc(OC)c(OC)c2)CC1. The molecule has 0 N–H and O–H groups in total. The van der Waals surface area contributed by atoms with Crippen LogP contribution in [0.4, 0.5) is 4.79 Å². The Hall–Kier alpha value is -2.05. The van der Waals surface area contributed by atoms with E-state index >= 15 is 0 Å². The second kappa shape index (κ2) is 9.21. The summed E-state index contributed by atoms with van der Waals surface area (Å²) < 4.78 is 67.1. The highest BCUT2D eigenvalue weighted by Gasteiger charge is 2.49. The number of methoxy groups -OCH3 is 2. The van der Waals surface area contributed by atoms with Crippen LogP contribution in [0, 0.1) is 0 Å². The number of carbonyl (C=O) groups is 1. The van der Waals surface area contributed by atoms with Gasteiger partial charge in [0.15, 0.2) is 31.2 Å². The summed E-state index contributed by atoms with van der Waals surface area (Å²) in [4.78, 5) is 15.3. The number of piperazine rings is 1. The first-order valence-electron chi connectivity index (χ1n) is 9.95. The zero-order valence-electron chi connectivity index (χ0n) is 17.8. The van der Waals surface area contributed by atoms with Crippen LogP contribution >= 0.6 is 0 Å². The largest absolute Gasteiger partial charge is 0.493 e. The fraction of sp³-hybridized carbons (Fsp3) is 0.632. The van der Waals surface area contributed by atoms with Crippen LogP contribution in [-0.4, -0.2) is 103 Å². The molecule has 2 aliphatic rings. The molecule has 174 valence electrons. The lowest BCUT2D eigenvalue weighted by molar-refractivity contribution is 0.0700. The highest BCUT2D eigenvalue weighted by molar-refractivity contribution is 7.96. The summed E-state index contributed by atoms with van der Waals surface area (Å²) >= 11 is 0. The monoisotopic (exact) mass is 476 g/mol. The number of sulfone groups is 2. The maximum absolute atomic E-state index is 13.4. The molecule has 0 radical (unpaired) electrons. The lowest BCUT2D eigenvalue weighted by Gasteiger charge is -2.38. The Bertz CT molecular complexity index is 1020. The van der Waals surface area contributed by atoms with Crippen LogP contribution in [0.2, 0.25) is 0 Å². The summed E-state index contributed by atoms with van der Waals surface area (Å²) in [6.07, 6.45) is -0.421. The fourth-order valence-electron chi connectivity index (χ4n) is 4.05. The summed E-state index contributed by atoms with van der Waals surface area (Å²) in [7, 11) is -4.65. The van der Waals surface area contributed by atoms with E-state index in [2.05, 4.69) is 0 Å². The van der Waals surface area contributed by atoms with Gasteiger partial charge in [0, 0.05) is 38.3 Å². The number of nitrogens with zero attached hydrogens (tertiary/aromatic N) is 2. The average molecular weight is 477 g/mol. The fourth-order valence-corrected chi connectivity index (χ4v) is 8.90. The van der Waals surface area contributed by atoms with Gasteiger partial charge in [-0.15, -0.1) is 0 Å². The molecule has 1 aromatic rings. The van der Waals surface area contributed by atoms with Crippen molar-refractivity contribution < 1.29 is 35.8 Å². The Labute approximate surface area is 182 Å². The molecule has 0 unspecified atom stereocenters. The molecule has 2 aliphatic heterocycles. The molecule has 0 aliphatic carbocycles. The molecule has 31 heavy (non-hydrogen) atoms. The van der Waals surface area contributed by atoms with Crippen LogP contribution in [0.1, 0.15) is 6.92 Å². The molecule has 3 rings (SSSR count). The quantitative estimate of drug-likeness (QED) is 0.575. The summed E-state index contributed by atoms with van der Waals surface area (Å²) in [5.41, 5.74) is 0. The van der Waals surface area contributed by atoms with E-state index in [9.17, 15) is 21.6 Å². The van der Waals surface area contributed by atoms with E-state index in [1.807, 2.05) is 4.90 Å². The van der Waals surface area contributed by atoms with E-state index in [0.717, 1.165) is 0 Å². The second-order valence-electron chi connectivity index (χ2n) is 7.47. The summed E-state index contributed by atoms with van der Waals surface area (Å²) in [6, 6.07) is 3.56. The smallest absolute Gasteiger partial charge is 0.409 e. The molecule has 2 saturated heterocycles. The van der Waals surface area contributed by atoms with Crippen molar-refractivity contribution in [1.29, 1.82) is 0 Å². The van der Waals surface area contributed by atoms with Crippen molar-refractivity contribution in [1.82, 2.24) is 9.80 Å². The van der Waals surface area contributed by atoms with E-state index in [0.29, 0.717) is 31.9 Å². The van der Waals surface area contributed by atoms with Crippen molar-refractivity contribution in [2.75, 3.05) is 58.5 Å². The zero-order valence-corrected chi connectivity index (χ0v) is 19.4. The van der Waals surface area contributed by atoms with Gasteiger partial charge in [-0.05, 0) is 19.1 Å². The van der Waals surface area contributed by atoms with Crippen molar-refractivity contribution in [3.8, 4) is 11.5 Å². The van der Waals surface area contributed by atoms with Gasteiger partial charge in [-0.2, -0.15) is 0 Å². The molecule has 0 bridgehead atoms. The summed E-state index contributed by atoms with van der Waals surface area (Å²) in [5, 5.41) is -1.11. The van der Waals surface area contributed by atoms with Crippen LogP contribution in [0.15, 0.2) is 23.1 Å². The van der Waals surface area contributed by atoms with Crippen molar-refractivity contribution in [2.24, 2.45) is 0 Å². The first-order chi connectivity index (χ1) is 14.6. The molecule has 10 nitrogen and oxygen atoms in total. The Balaban J connectivity index is 1.85. The maximum Gasteiger partial charge on any atom is 0.409 e. The predicted molar refractivity (Wildman–Crippen MR) is 113 cm³/mol. The Morgan fingerprint density at radius 2 is 1.71 bits per heavy atom. The summed E-state index contributed by atoms with van der Waals surface area (Å²) in [5.74, 6) is -0.0353. The van der Waals surface area contributed by atoms with Gasteiger partial charge in [-0.1, -0.05) is 0 Å². The van der Waals surface area contributed by atoms with Gasteiger partial charge in [0.2, 0.25) is 0 Å². The third-order valence-corrected chi connectivity index (χ3v) is 9.78. The molecule has 2 heterocycles. The van der Waals surface area contributed by atoms with Gasteiger partial charge in [0.05, 0.1) is 42.5 Å². The lowest BCUT2D eigenvalue weighted by atomic mass is 10.2. The minimum atomic E-state index is -3.97. The van der Waals surface area contributed by atoms with Crippen LogP contribution in [0.25, 0.3) is 0 Å². The van der Waals surface area contributed by atoms with Crippen molar-refractivity contribution in [3.05, 3.63) is 18.2 Å². The highest BCUT2D eigenvalue weighted by Crippen LogP contribution is 2.34. The Kier molecular flexibility index (Phi) is 7.01. The van der Waals surface area contributed by atoms with E-state index in [1.165, 1.54) is 32.4 Å². The Morgan fingerprint density at radius 1 is 1.06 bits per heavy atom. The lowest BCUT2D eigenvalue weighted by Crippen LogP contribution is -2.55. The van der Waals surface area contributed by atoms with E-state index < -0.39 is 42.8 Å². The third kappa shape index (κ3) is 4.90. The number of benzene rings is 1. The highest BCUT2D eigenvalue weighted by atomic mass is 32.2. The minimum absolute atomic E-state index is 0.0117. The van der Waals surface area contributed by atoms with Gasteiger partial charge in [0.1, 0.15) is 0 Å². The normalized spacial score (nSPS) is 24.0. The third-order valence-electron chi connectivity index (χ3n) is 5.66. The molecule has 0 spiro atoms. The number of hydrogen-bond donors (Lipinski definition) is 0. The number of rotatable bonds is 6. The molecule has 2 fully saturated rings. The van der Waals surface area contributed by atoms with Gasteiger partial charge in [0.25, 0.3) is 0 Å². The molecular formula is C19H28N2O8S2. The Morgan fingerprint density at radius 3 is 2.29 bits per heavy atom. The van der Waals surface area contributed by atoms with Gasteiger partial charge >= 0.3 is 6.09 Å². The molecular weight excluding hydrogens is 448 g/mol. The maximum atomic E-state index is 13.4. The molecule has 12 heteroatoms. The van der Waals surface area contributed by atoms with E-state index in [1.54, 1.807) is 11.8 Å². The second-order valence-corrected chi connectivity index (χ2v) is 11.8. The van der Waals surface area contributed by atoms with Crippen LogP contribution in [0.3, 0.4) is 0 Å². The van der Waals surface area contributed by atoms with Crippen LogP contribution < -0.4 is 9.47 Å². The van der Waals surface area contributed by atoms with Crippen molar-refractivity contribution >= 4 is 25.8 Å². The summed E-state index contributed by atoms with van der Waals surface area (Å²) in [6.45, 7) is 3.43. The molecule has 0 saturated carbocycles. The number of ether oxygens (including phenoxy) is 3.